The van der Waals surface area contributed by atoms with E-state index in [4.69, 9.17) is 22.4 Å². The quantitative estimate of drug-likeness (QED) is 0.799. The van der Waals surface area contributed by atoms with Crippen LogP contribution in [0, 0.1) is 0 Å². The predicted molar refractivity (Wildman–Crippen MR) is 62.7 cm³/mol. The Morgan fingerprint density at radius 1 is 1.67 bits per heavy atom. The Bertz CT molecular complexity index is 370. The topological polar surface area (TPSA) is 63.3 Å². The summed E-state index contributed by atoms with van der Waals surface area (Å²) >= 11 is 7.32. The van der Waals surface area contributed by atoms with Crippen LogP contribution >= 0.6 is 23.4 Å². The highest BCUT2D eigenvalue weighted by Gasteiger charge is 2.21. The fourth-order valence-corrected chi connectivity index (χ4v) is 2.16. The SMILES string of the molecule is CSc1ccc(Cl)cc1C(CN)C(=O)O. The van der Waals surface area contributed by atoms with Gasteiger partial charge < -0.3 is 10.8 Å². The summed E-state index contributed by atoms with van der Waals surface area (Å²) in [7, 11) is 0. The monoisotopic (exact) mass is 245 g/mol. The minimum atomic E-state index is -0.921. The maximum atomic E-state index is 11.0. The standard InChI is InChI=1S/C10H12ClNO2S/c1-15-9-3-2-6(11)4-7(9)8(5-12)10(13)14/h2-4,8H,5,12H2,1H3,(H,13,14). The molecule has 0 aliphatic rings. The molecule has 1 atom stereocenters. The minimum Gasteiger partial charge on any atom is -0.481 e. The molecule has 0 saturated carbocycles. The van der Waals surface area contributed by atoms with Crippen molar-refractivity contribution in [2.24, 2.45) is 5.73 Å². The fraction of sp³-hybridized carbons (Fsp3) is 0.300. The number of hydrogen-bond acceptors (Lipinski definition) is 3. The number of aliphatic carboxylic acids is 1. The smallest absolute Gasteiger partial charge is 0.312 e. The number of nitrogens with two attached hydrogens (primary N) is 1. The van der Waals surface area contributed by atoms with Crippen molar-refractivity contribution in [3.63, 3.8) is 0 Å². The van der Waals surface area contributed by atoms with Gasteiger partial charge in [-0.25, -0.2) is 0 Å². The minimum absolute atomic E-state index is 0.0727. The lowest BCUT2D eigenvalue weighted by Crippen LogP contribution is -2.21. The zero-order chi connectivity index (χ0) is 11.4. The van der Waals surface area contributed by atoms with Gasteiger partial charge in [-0.1, -0.05) is 11.6 Å². The zero-order valence-corrected chi connectivity index (χ0v) is 9.81. The van der Waals surface area contributed by atoms with E-state index in [0.717, 1.165) is 4.90 Å². The second kappa shape index (κ2) is 5.39. The third-order valence-corrected chi connectivity index (χ3v) is 3.15. The molecule has 0 aliphatic heterocycles. The lowest BCUT2D eigenvalue weighted by molar-refractivity contribution is -0.138. The van der Waals surface area contributed by atoms with Crippen LogP contribution in [-0.2, 0) is 4.79 Å². The Kier molecular flexibility index (Phi) is 4.45. The third kappa shape index (κ3) is 2.87. The van der Waals surface area contributed by atoms with Crippen molar-refractivity contribution in [1.29, 1.82) is 0 Å². The normalized spacial score (nSPS) is 12.5. The van der Waals surface area contributed by atoms with Gasteiger partial charge >= 0.3 is 5.97 Å². The van der Waals surface area contributed by atoms with Crippen LogP contribution in [-0.4, -0.2) is 23.9 Å². The Morgan fingerprint density at radius 3 is 2.80 bits per heavy atom. The molecular formula is C10H12ClNO2S. The molecule has 3 N–H and O–H groups in total. The predicted octanol–water partition coefficient (Wildman–Crippen LogP) is 2.19. The number of thioether (sulfide) groups is 1. The van der Waals surface area contributed by atoms with Crippen molar-refractivity contribution >= 4 is 29.3 Å². The van der Waals surface area contributed by atoms with Crippen molar-refractivity contribution in [2.75, 3.05) is 12.8 Å². The van der Waals surface area contributed by atoms with E-state index in [-0.39, 0.29) is 6.54 Å². The van der Waals surface area contributed by atoms with Gasteiger partial charge in [-0.2, -0.15) is 0 Å². The number of carbonyl (C=O) groups is 1. The summed E-state index contributed by atoms with van der Waals surface area (Å²) in [5.41, 5.74) is 6.13. The summed E-state index contributed by atoms with van der Waals surface area (Å²) in [4.78, 5) is 11.9. The lowest BCUT2D eigenvalue weighted by atomic mass is 9.99. The molecule has 0 fully saturated rings. The van der Waals surface area contributed by atoms with Crippen LogP contribution in [0.2, 0.25) is 5.02 Å². The molecule has 3 nitrogen and oxygen atoms in total. The van der Waals surface area contributed by atoms with E-state index >= 15 is 0 Å². The van der Waals surface area contributed by atoms with Gasteiger partial charge in [0.15, 0.2) is 0 Å². The highest BCUT2D eigenvalue weighted by atomic mass is 35.5. The molecule has 1 aromatic carbocycles. The number of carboxylic acid groups (broad SMARTS) is 1. The van der Waals surface area contributed by atoms with Gasteiger partial charge in [0.25, 0.3) is 0 Å². The van der Waals surface area contributed by atoms with Crippen molar-refractivity contribution in [1.82, 2.24) is 0 Å². The van der Waals surface area contributed by atoms with Crippen LogP contribution in [0.4, 0.5) is 0 Å². The van der Waals surface area contributed by atoms with E-state index in [2.05, 4.69) is 0 Å². The summed E-state index contributed by atoms with van der Waals surface area (Å²) in [6.07, 6.45) is 1.89. The first-order valence-electron chi connectivity index (χ1n) is 4.36. The molecule has 1 unspecified atom stereocenters. The van der Waals surface area contributed by atoms with Gasteiger partial charge in [-0.3, -0.25) is 4.79 Å². The highest BCUT2D eigenvalue weighted by molar-refractivity contribution is 7.98. The second-order valence-corrected chi connectivity index (χ2v) is 4.30. The first-order chi connectivity index (χ1) is 7.10. The molecule has 1 rings (SSSR count). The molecule has 0 spiro atoms. The molecular weight excluding hydrogens is 234 g/mol. The summed E-state index contributed by atoms with van der Waals surface area (Å²) in [6.45, 7) is 0.0727. The second-order valence-electron chi connectivity index (χ2n) is 3.01. The zero-order valence-electron chi connectivity index (χ0n) is 8.24. The van der Waals surface area contributed by atoms with E-state index in [1.807, 2.05) is 12.3 Å². The van der Waals surface area contributed by atoms with E-state index in [0.29, 0.717) is 10.6 Å². The van der Waals surface area contributed by atoms with Crippen LogP contribution in [0.5, 0.6) is 0 Å². The maximum absolute atomic E-state index is 11.0. The molecule has 0 heterocycles. The van der Waals surface area contributed by atoms with E-state index in [1.165, 1.54) is 11.8 Å². The Balaban J connectivity index is 3.19. The van der Waals surface area contributed by atoms with Crippen molar-refractivity contribution in [2.45, 2.75) is 10.8 Å². The highest BCUT2D eigenvalue weighted by Crippen LogP contribution is 2.29. The van der Waals surface area contributed by atoms with Gasteiger partial charge in [0.05, 0.1) is 5.92 Å². The van der Waals surface area contributed by atoms with Gasteiger partial charge in [0.1, 0.15) is 0 Å². The van der Waals surface area contributed by atoms with Gasteiger partial charge in [0, 0.05) is 16.5 Å². The molecule has 1 aromatic rings. The Morgan fingerprint density at radius 2 is 2.33 bits per heavy atom. The molecule has 82 valence electrons. The fourth-order valence-electron chi connectivity index (χ4n) is 1.34. The van der Waals surface area contributed by atoms with Crippen molar-refractivity contribution in [3.8, 4) is 0 Å². The van der Waals surface area contributed by atoms with Gasteiger partial charge in [-0.05, 0) is 30.0 Å². The molecule has 0 aliphatic carbocycles. The largest absolute Gasteiger partial charge is 0.481 e. The Hall–Kier alpha value is -0.710. The molecule has 0 amide bonds. The number of carboxylic acids is 1. The molecule has 5 heteroatoms. The van der Waals surface area contributed by atoms with Crippen LogP contribution in [0.15, 0.2) is 23.1 Å². The summed E-state index contributed by atoms with van der Waals surface area (Å²) < 4.78 is 0. The lowest BCUT2D eigenvalue weighted by Gasteiger charge is -2.14. The molecule has 0 bridgehead atoms. The number of benzene rings is 1. The van der Waals surface area contributed by atoms with Crippen LogP contribution < -0.4 is 5.73 Å². The average Bonchev–Trinajstić information content (AvgIpc) is 2.18. The molecule has 0 saturated heterocycles. The van der Waals surface area contributed by atoms with Crippen molar-refractivity contribution in [3.05, 3.63) is 28.8 Å². The molecule has 0 radical (unpaired) electrons. The third-order valence-electron chi connectivity index (χ3n) is 2.10. The van der Waals surface area contributed by atoms with E-state index in [1.54, 1.807) is 12.1 Å². The summed E-state index contributed by atoms with van der Waals surface area (Å²) in [5.74, 6) is -1.61. The van der Waals surface area contributed by atoms with Crippen LogP contribution in [0.1, 0.15) is 11.5 Å². The van der Waals surface area contributed by atoms with Crippen LogP contribution in [0.3, 0.4) is 0 Å². The van der Waals surface area contributed by atoms with E-state index in [9.17, 15) is 4.79 Å². The van der Waals surface area contributed by atoms with E-state index < -0.39 is 11.9 Å². The molecule has 0 aromatic heterocycles. The summed E-state index contributed by atoms with van der Waals surface area (Å²) in [5, 5.41) is 9.54. The first kappa shape index (κ1) is 12.4. The number of halogens is 1. The first-order valence-corrected chi connectivity index (χ1v) is 5.96. The van der Waals surface area contributed by atoms with Gasteiger partial charge in [0.2, 0.25) is 0 Å². The van der Waals surface area contributed by atoms with Crippen molar-refractivity contribution < 1.29 is 9.90 Å². The maximum Gasteiger partial charge on any atom is 0.312 e. The Labute approximate surface area is 97.6 Å². The van der Waals surface area contributed by atoms with Gasteiger partial charge in [-0.15, -0.1) is 11.8 Å². The van der Waals surface area contributed by atoms with Crippen LogP contribution in [0.25, 0.3) is 0 Å². The average molecular weight is 246 g/mol. The number of hydrogen-bond donors (Lipinski definition) is 2. The number of rotatable bonds is 4. The summed E-state index contributed by atoms with van der Waals surface area (Å²) in [6, 6.07) is 5.22. The molecule has 15 heavy (non-hydrogen) atoms.